The van der Waals surface area contributed by atoms with Crippen molar-refractivity contribution < 1.29 is 14.6 Å². The molecule has 1 heterocycles. The zero-order valence-corrected chi connectivity index (χ0v) is 10.9. The minimum absolute atomic E-state index is 0.0499. The molecular weight excluding hydrogens is 286 g/mol. The van der Waals surface area contributed by atoms with E-state index in [1.165, 1.54) is 0 Å². The van der Waals surface area contributed by atoms with E-state index in [-0.39, 0.29) is 25.2 Å². The minimum Gasteiger partial charge on any atom is -0.396 e. The number of anilines is 1. The van der Waals surface area contributed by atoms with Gasteiger partial charge < -0.3 is 14.7 Å². The zero-order chi connectivity index (χ0) is 12.3. The number of hydrogen-bond donors (Lipinski definition) is 1. The molecule has 0 radical (unpaired) electrons. The fourth-order valence-corrected chi connectivity index (χ4v) is 2.21. The maximum Gasteiger partial charge on any atom is 0.253 e. The summed E-state index contributed by atoms with van der Waals surface area (Å²) in [6.45, 7) is 0.634. The highest BCUT2D eigenvalue weighted by Gasteiger charge is 2.29. The van der Waals surface area contributed by atoms with Crippen molar-refractivity contribution in [1.82, 2.24) is 0 Å². The first-order chi connectivity index (χ1) is 8.22. The number of ether oxygens (including phenoxy) is 1. The maximum atomic E-state index is 11.9. The van der Waals surface area contributed by atoms with Crippen LogP contribution in [-0.2, 0) is 9.53 Å². The normalized spacial score (nSPS) is 20.7. The molecular formula is C12H14BrNO3. The summed E-state index contributed by atoms with van der Waals surface area (Å²) in [6, 6.07) is 7.49. The lowest BCUT2D eigenvalue weighted by Gasteiger charge is -2.35. The smallest absolute Gasteiger partial charge is 0.253 e. The van der Waals surface area contributed by atoms with E-state index >= 15 is 0 Å². The second-order valence-electron chi connectivity index (χ2n) is 3.92. The molecule has 0 aliphatic carbocycles. The number of rotatable bonds is 3. The van der Waals surface area contributed by atoms with Gasteiger partial charge in [-0.3, -0.25) is 4.79 Å². The first kappa shape index (κ1) is 12.5. The van der Waals surface area contributed by atoms with E-state index in [2.05, 4.69) is 15.9 Å². The van der Waals surface area contributed by atoms with E-state index in [9.17, 15) is 4.79 Å². The summed E-state index contributed by atoms with van der Waals surface area (Å²) in [5.74, 6) is -0.0583. The number of halogens is 1. The largest absolute Gasteiger partial charge is 0.396 e. The topological polar surface area (TPSA) is 49.8 Å². The number of benzene rings is 1. The number of amides is 1. The van der Waals surface area contributed by atoms with Crippen LogP contribution in [0.3, 0.4) is 0 Å². The third-order valence-corrected chi connectivity index (χ3v) is 3.27. The number of carbonyl (C=O) groups is 1. The van der Waals surface area contributed by atoms with Crippen LogP contribution in [0.1, 0.15) is 6.42 Å². The van der Waals surface area contributed by atoms with Crippen molar-refractivity contribution in [1.29, 1.82) is 0 Å². The summed E-state index contributed by atoms with van der Waals surface area (Å²) in [6.07, 6.45) is 0.530. The molecule has 1 aliphatic rings. The molecule has 1 aromatic carbocycles. The lowest BCUT2D eigenvalue weighted by atomic mass is 10.1. The second-order valence-corrected chi connectivity index (χ2v) is 4.84. The third kappa shape index (κ3) is 2.86. The second kappa shape index (κ2) is 5.62. The van der Waals surface area contributed by atoms with Gasteiger partial charge in [-0.2, -0.15) is 0 Å². The maximum absolute atomic E-state index is 11.9. The van der Waals surface area contributed by atoms with Crippen LogP contribution in [0.5, 0.6) is 0 Å². The monoisotopic (exact) mass is 299 g/mol. The van der Waals surface area contributed by atoms with Crippen LogP contribution in [0.25, 0.3) is 0 Å². The molecule has 17 heavy (non-hydrogen) atoms. The highest BCUT2D eigenvalue weighted by molar-refractivity contribution is 9.10. The molecule has 4 nitrogen and oxygen atoms in total. The van der Waals surface area contributed by atoms with E-state index < -0.39 is 0 Å². The Balaban J connectivity index is 2.24. The van der Waals surface area contributed by atoms with Crippen LogP contribution in [0.4, 0.5) is 5.69 Å². The molecule has 1 N–H and O–H groups in total. The third-order valence-electron chi connectivity index (χ3n) is 2.74. The predicted octanol–water partition coefficient (Wildman–Crippen LogP) is 1.56. The number of nitrogens with zero attached hydrogens (tertiary/aromatic N) is 1. The van der Waals surface area contributed by atoms with Crippen LogP contribution < -0.4 is 4.90 Å². The first-order valence-electron chi connectivity index (χ1n) is 5.48. The zero-order valence-electron chi connectivity index (χ0n) is 9.30. The molecule has 0 aromatic heterocycles. The average Bonchev–Trinajstić information content (AvgIpc) is 2.32. The molecule has 1 unspecified atom stereocenters. The Morgan fingerprint density at radius 1 is 1.41 bits per heavy atom. The standard InChI is InChI=1S/C12H14BrNO3/c13-9-1-3-10(4-2-9)14-11(5-6-15)7-17-8-12(14)16/h1-4,11,15H,5-8H2. The molecule has 1 aliphatic heterocycles. The summed E-state index contributed by atoms with van der Waals surface area (Å²) in [5.41, 5.74) is 0.847. The van der Waals surface area contributed by atoms with Crippen molar-refractivity contribution in [3.8, 4) is 0 Å². The Morgan fingerprint density at radius 2 is 2.12 bits per heavy atom. The van der Waals surface area contributed by atoms with Crippen molar-refractivity contribution in [3.05, 3.63) is 28.7 Å². The molecule has 5 heteroatoms. The quantitative estimate of drug-likeness (QED) is 0.921. The molecule has 1 amide bonds. The van der Waals surface area contributed by atoms with Gasteiger partial charge in [0.15, 0.2) is 0 Å². The summed E-state index contributed by atoms with van der Waals surface area (Å²) >= 11 is 3.36. The number of hydrogen-bond acceptors (Lipinski definition) is 3. The van der Waals surface area contributed by atoms with Gasteiger partial charge in [0.05, 0.1) is 12.6 Å². The van der Waals surface area contributed by atoms with Crippen LogP contribution in [0, 0.1) is 0 Å². The van der Waals surface area contributed by atoms with Gasteiger partial charge in [-0.15, -0.1) is 0 Å². The van der Waals surface area contributed by atoms with Crippen molar-refractivity contribution in [2.24, 2.45) is 0 Å². The van der Waals surface area contributed by atoms with Crippen LogP contribution in [-0.4, -0.2) is 36.9 Å². The van der Waals surface area contributed by atoms with Gasteiger partial charge in [-0.05, 0) is 30.7 Å². The highest BCUT2D eigenvalue weighted by Crippen LogP contribution is 2.24. The SMILES string of the molecule is O=C1COCC(CCO)N1c1ccc(Br)cc1. The Labute approximate surface area is 108 Å². The van der Waals surface area contributed by atoms with E-state index in [1.54, 1.807) is 4.90 Å². The van der Waals surface area contributed by atoms with E-state index in [4.69, 9.17) is 9.84 Å². The van der Waals surface area contributed by atoms with Crippen molar-refractivity contribution in [2.75, 3.05) is 24.7 Å². The van der Waals surface area contributed by atoms with Gasteiger partial charge in [0.1, 0.15) is 6.61 Å². The highest BCUT2D eigenvalue weighted by atomic mass is 79.9. The molecule has 0 saturated carbocycles. The Bertz CT molecular complexity index is 391. The minimum atomic E-state index is -0.0811. The Hall–Kier alpha value is -0.910. The summed E-state index contributed by atoms with van der Waals surface area (Å²) in [5, 5.41) is 9.01. The lowest BCUT2D eigenvalue weighted by Crippen LogP contribution is -2.50. The molecule has 92 valence electrons. The van der Waals surface area contributed by atoms with Gasteiger partial charge in [0.25, 0.3) is 5.91 Å². The molecule has 1 atom stereocenters. The predicted molar refractivity (Wildman–Crippen MR) is 67.9 cm³/mol. The number of morpholine rings is 1. The molecule has 1 saturated heterocycles. The van der Waals surface area contributed by atoms with Gasteiger partial charge in [0.2, 0.25) is 0 Å². The van der Waals surface area contributed by atoms with Crippen LogP contribution >= 0.6 is 15.9 Å². The number of carbonyl (C=O) groups excluding carboxylic acids is 1. The van der Waals surface area contributed by atoms with E-state index in [0.717, 1.165) is 10.2 Å². The molecule has 0 spiro atoms. The van der Waals surface area contributed by atoms with Crippen molar-refractivity contribution >= 4 is 27.5 Å². The summed E-state index contributed by atoms with van der Waals surface area (Å²) in [4.78, 5) is 13.6. The Morgan fingerprint density at radius 3 is 2.76 bits per heavy atom. The van der Waals surface area contributed by atoms with Gasteiger partial charge in [-0.25, -0.2) is 0 Å². The first-order valence-corrected chi connectivity index (χ1v) is 6.28. The van der Waals surface area contributed by atoms with Crippen molar-refractivity contribution in [2.45, 2.75) is 12.5 Å². The molecule has 1 aromatic rings. The Kier molecular flexibility index (Phi) is 4.15. The average molecular weight is 300 g/mol. The number of aliphatic hydroxyl groups excluding tert-OH is 1. The summed E-state index contributed by atoms with van der Waals surface area (Å²) in [7, 11) is 0. The van der Waals surface area contributed by atoms with Gasteiger partial charge in [0, 0.05) is 16.8 Å². The fourth-order valence-electron chi connectivity index (χ4n) is 1.95. The van der Waals surface area contributed by atoms with E-state index in [1.807, 2.05) is 24.3 Å². The molecule has 2 rings (SSSR count). The van der Waals surface area contributed by atoms with Gasteiger partial charge >= 0.3 is 0 Å². The van der Waals surface area contributed by atoms with Gasteiger partial charge in [-0.1, -0.05) is 15.9 Å². The summed E-state index contributed by atoms with van der Waals surface area (Å²) < 4.78 is 6.18. The van der Waals surface area contributed by atoms with Crippen LogP contribution in [0.15, 0.2) is 28.7 Å². The van der Waals surface area contributed by atoms with Crippen molar-refractivity contribution in [3.63, 3.8) is 0 Å². The lowest BCUT2D eigenvalue weighted by molar-refractivity contribution is -0.127. The molecule has 0 bridgehead atoms. The van der Waals surface area contributed by atoms with Crippen LogP contribution in [0.2, 0.25) is 0 Å². The fraction of sp³-hybridized carbons (Fsp3) is 0.417. The van der Waals surface area contributed by atoms with E-state index in [0.29, 0.717) is 13.0 Å². The molecule has 1 fully saturated rings. The number of aliphatic hydroxyl groups is 1.